The van der Waals surface area contributed by atoms with E-state index >= 15 is 0 Å². The third-order valence-corrected chi connectivity index (χ3v) is 2.65. The minimum Gasteiger partial charge on any atom is -0.466 e. The van der Waals surface area contributed by atoms with Crippen molar-refractivity contribution in [3.8, 4) is 0 Å². The molecule has 0 unspecified atom stereocenters. The number of esters is 1. The van der Waals surface area contributed by atoms with Crippen LogP contribution in [0, 0.1) is 0 Å². The summed E-state index contributed by atoms with van der Waals surface area (Å²) in [5, 5.41) is 2.42. The van der Waals surface area contributed by atoms with Crippen molar-refractivity contribution in [2.45, 2.75) is 52.0 Å². The van der Waals surface area contributed by atoms with Crippen LogP contribution in [0.3, 0.4) is 0 Å². The van der Waals surface area contributed by atoms with Gasteiger partial charge >= 0.3 is 5.97 Å². The van der Waals surface area contributed by atoms with Crippen LogP contribution >= 0.6 is 0 Å². The van der Waals surface area contributed by atoms with Gasteiger partial charge in [-0.3, -0.25) is 19.2 Å². The van der Waals surface area contributed by atoms with Gasteiger partial charge in [0.05, 0.1) is 13.0 Å². The zero-order valence-electron chi connectivity index (χ0n) is 11.9. The summed E-state index contributed by atoms with van der Waals surface area (Å²) >= 11 is 0. The summed E-state index contributed by atoms with van der Waals surface area (Å²) < 4.78 is 4.68. The van der Waals surface area contributed by atoms with Crippen molar-refractivity contribution in [3.63, 3.8) is 0 Å². The second-order valence-corrected chi connectivity index (χ2v) is 4.26. The summed E-state index contributed by atoms with van der Waals surface area (Å²) in [6.07, 6.45) is 0.598. The zero-order chi connectivity index (χ0) is 15.5. The molecule has 114 valence electrons. The lowest BCUT2D eigenvalue weighted by atomic mass is 10.1. The van der Waals surface area contributed by atoms with Gasteiger partial charge in [0, 0.05) is 19.3 Å². The molecule has 0 spiro atoms. The lowest BCUT2D eigenvalue weighted by Gasteiger charge is -2.14. The number of hydrogen-bond acceptors (Lipinski definition) is 5. The molecule has 0 aliphatic heterocycles. The normalized spacial score (nSPS) is 11.5. The highest BCUT2D eigenvalue weighted by Gasteiger charge is 2.19. The first-order chi connectivity index (χ1) is 9.40. The van der Waals surface area contributed by atoms with Gasteiger partial charge in [-0.25, -0.2) is 0 Å². The predicted octanol–water partition coefficient (Wildman–Crippen LogP) is 0.0591. The molecule has 0 heterocycles. The first kappa shape index (κ1) is 18.1. The van der Waals surface area contributed by atoms with Gasteiger partial charge in [0.25, 0.3) is 0 Å². The molecule has 0 fully saturated rings. The number of primary amides is 1. The van der Waals surface area contributed by atoms with Crippen molar-refractivity contribution in [2.24, 2.45) is 5.73 Å². The molecule has 0 aliphatic carbocycles. The standard InChI is InChI=1S/C13H22N2O5/c1-3-9(16)5-6-10(13(14)19)15-11(17)7-8-12(18)20-4-2/h10H,3-8H2,1-2H3,(H2,14,19)(H,15,17)/t10-/m1/s1. The molecular formula is C13H22N2O5. The van der Waals surface area contributed by atoms with Gasteiger partial charge in [0.15, 0.2) is 0 Å². The molecular weight excluding hydrogens is 264 g/mol. The van der Waals surface area contributed by atoms with E-state index in [0.717, 1.165) is 0 Å². The van der Waals surface area contributed by atoms with E-state index in [-0.39, 0.29) is 38.1 Å². The van der Waals surface area contributed by atoms with Crippen LogP contribution in [0.5, 0.6) is 0 Å². The number of ketones is 1. The maximum atomic E-state index is 11.6. The molecule has 0 aromatic carbocycles. The van der Waals surface area contributed by atoms with Crippen LogP contribution in [-0.4, -0.2) is 36.2 Å². The molecule has 20 heavy (non-hydrogen) atoms. The Labute approximate surface area is 118 Å². The van der Waals surface area contributed by atoms with E-state index in [1.807, 2.05) is 0 Å². The largest absolute Gasteiger partial charge is 0.466 e. The lowest BCUT2D eigenvalue weighted by Crippen LogP contribution is -2.44. The van der Waals surface area contributed by atoms with E-state index in [4.69, 9.17) is 5.73 Å². The summed E-state index contributed by atoms with van der Waals surface area (Å²) in [7, 11) is 0. The summed E-state index contributed by atoms with van der Waals surface area (Å²) in [5.41, 5.74) is 5.16. The van der Waals surface area contributed by atoms with Crippen molar-refractivity contribution in [1.29, 1.82) is 0 Å². The van der Waals surface area contributed by atoms with Crippen molar-refractivity contribution >= 4 is 23.6 Å². The Morgan fingerprint density at radius 2 is 1.75 bits per heavy atom. The van der Waals surface area contributed by atoms with Gasteiger partial charge in [-0.1, -0.05) is 6.92 Å². The monoisotopic (exact) mass is 286 g/mol. The molecule has 0 saturated heterocycles. The second-order valence-electron chi connectivity index (χ2n) is 4.26. The van der Waals surface area contributed by atoms with Crippen LogP contribution in [0.4, 0.5) is 0 Å². The summed E-state index contributed by atoms with van der Waals surface area (Å²) in [6, 6.07) is -0.889. The molecule has 3 N–H and O–H groups in total. The van der Waals surface area contributed by atoms with E-state index in [0.29, 0.717) is 6.42 Å². The fourth-order valence-electron chi connectivity index (χ4n) is 1.48. The molecule has 0 radical (unpaired) electrons. The maximum Gasteiger partial charge on any atom is 0.306 e. The number of amides is 2. The molecule has 1 atom stereocenters. The van der Waals surface area contributed by atoms with Crippen LogP contribution in [-0.2, 0) is 23.9 Å². The van der Waals surface area contributed by atoms with Crippen molar-refractivity contribution in [1.82, 2.24) is 5.32 Å². The number of rotatable bonds is 10. The number of carbonyl (C=O) groups excluding carboxylic acids is 4. The minimum absolute atomic E-state index is 0.00276. The number of ether oxygens (including phenoxy) is 1. The zero-order valence-corrected chi connectivity index (χ0v) is 11.9. The van der Waals surface area contributed by atoms with E-state index in [1.165, 1.54) is 0 Å². The van der Waals surface area contributed by atoms with Crippen LogP contribution < -0.4 is 11.1 Å². The summed E-state index contributed by atoms with van der Waals surface area (Å²) in [5.74, 6) is -1.64. The molecule has 0 aromatic rings. The maximum absolute atomic E-state index is 11.6. The predicted molar refractivity (Wildman–Crippen MR) is 71.5 cm³/mol. The fourth-order valence-corrected chi connectivity index (χ4v) is 1.48. The highest BCUT2D eigenvalue weighted by atomic mass is 16.5. The molecule has 7 heteroatoms. The average Bonchev–Trinajstić information content (AvgIpc) is 2.40. The molecule has 0 aromatic heterocycles. The Hall–Kier alpha value is -1.92. The molecule has 0 aliphatic rings. The Kier molecular flexibility index (Phi) is 8.98. The van der Waals surface area contributed by atoms with Gasteiger partial charge in [-0.15, -0.1) is 0 Å². The van der Waals surface area contributed by atoms with Crippen molar-refractivity contribution in [3.05, 3.63) is 0 Å². The van der Waals surface area contributed by atoms with Crippen LogP contribution in [0.25, 0.3) is 0 Å². The SMILES string of the molecule is CCOC(=O)CCC(=O)N[C@H](CCC(=O)CC)C(N)=O. The van der Waals surface area contributed by atoms with Gasteiger partial charge < -0.3 is 15.8 Å². The number of hydrogen-bond donors (Lipinski definition) is 2. The molecule has 2 amide bonds. The Morgan fingerprint density at radius 1 is 1.10 bits per heavy atom. The average molecular weight is 286 g/mol. The summed E-state index contributed by atoms with van der Waals surface area (Å²) in [4.78, 5) is 45.0. The van der Waals surface area contributed by atoms with E-state index in [2.05, 4.69) is 10.1 Å². The van der Waals surface area contributed by atoms with Gasteiger partial charge in [0.2, 0.25) is 11.8 Å². The second kappa shape index (κ2) is 9.94. The van der Waals surface area contributed by atoms with Crippen molar-refractivity contribution < 1.29 is 23.9 Å². The molecule has 7 nitrogen and oxygen atoms in total. The van der Waals surface area contributed by atoms with Gasteiger partial charge in [0.1, 0.15) is 11.8 Å². The molecule has 0 bridgehead atoms. The quantitative estimate of drug-likeness (QED) is 0.551. The van der Waals surface area contributed by atoms with E-state index in [9.17, 15) is 19.2 Å². The van der Waals surface area contributed by atoms with Crippen LogP contribution in [0.2, 0.25) is 0 Å². The third kappa shape index (κ3) is 8.23. The van der Waals surface area contributed by atoms with Gasteiger partial charge in [-0.2, -0.15) is 0 Å². The smallest absolute Gasteiger partial charge is 0.306 e. The van der Waals surface area contributed by atoms with Crippen LogP contribution in [0.1, 0.15) is 46.0 Å². The molecule has 0 rings (SSSR count). The van der Waals surface area contributed by atoms with E-state index < -0.39 is 23.8 Å². The number of Topliss-reactive ketones (excluding diaryl/α,β-unsaturated/α-hetero) is 1. The minimum atomic E-state index is -0.889. The van der Waals surface area contributed by atoms with Crippen molar-refractivity contribution in [2.75, 3.05) is 6.61 Å². The summed E-state index contributed by atoms with van der Waals surface area (Å²) in [6.45, 7) is 3.65. The number of carbonyl (C=O) groups is 4. The topological polar surface area (TPSA) is 116 Å². The fraction of sp³-hybridized carbons (Fsp3) is 0.692. The molecule has 0 saturated carbocycles. The Balaban J connectivity index is 4.17. The Morgan fingerprint density at radius 3 is 2.25 bits per heavy atom. The first-order valence-corrected chi connectivity index (χ1v) is 6.66. The lowest BCUT2D eigenvalue weighted by molar-refractivity contribution is -0.144. The highest BCUT2D eigenvalue weighted by molar-refractivity contribution is 5.88. The highest BCUT2D eigenvalue weighted by Crippen LogP contribution is 2.02. The third-order valence-electron chi connectivity index (χ3n) is 2.65. The van der Waals surface area contributed by atoms with Crippen LogP contribution in [0.15, 0.2) is 0 Å². The Bertz CT molecular complexity index is 368. The van der Waals surface area contributed by atoms with Gasteiger partial charge in [-0.05, 0) is 13.3 Å². The van der Waals surface area contributed by atoms with E-state index in [1.54, 1.807) is 13.8 Å². The number of nitrogens with two attached hydrogens (primary N) is 1. The number of nitrogens with one attached hydrogen (secondary N) is 1. The first-order valence-electron chi connectivity index (χ1n) is 6.66.